The summed E-state index contributed by atoms with van der Waals surface area (Å²) >= 11 is 11.5. The van der Waals surface area contributed by atoms with Gasteiger partial charge in [0, 0.05) is 12.3 Å². The molecular weight excluding hydrogens is 177 g/mol. The molecule has 0 radical (unpaired) electrons. The van der Waals surface area contributed by atoms with Crippen LogP contribution in [0.2, 0.25) is 0 Å². The highest BCUT2D eigenvalue weighted by atomic mass is 35.5. The Hall–Kier alpha value is 0.890. The number of nitrogens with one attached hydrogen (secondary N) is 1. The predicted molar refractivity (Wildman–Crippen MR) is 46.5 cm³/mol. The van der Waals surface area contributed by atoms with Crippen LogP contribution in [0.5, 0.6) is 0 Å². The van der Waals surface area contributed by atoms with Crippen LogP contribution in [0.4, 0.5) is 0 Å². The first-order valence-corrected chi connectivity index (χ1v) is 4.90. The highest BCUT2D eigenvalue weighted by Gasteiger charge is 2.05. The van der Waals surface area contributed by atoms with Crippen molar-refractivity contribution < 1.29 is 0 Å². The Morgan fingerprint density at radius 1 is 1.67 bits per heavy atom. The van der Waals surface area contributed by atoms with Crippen molar-refractivity contribution in [1.82, 2.24) is 5.32 Å². The van der Waals surface area contributed by atoms with Crippen LogP contribution in [0.1, 0.15) is 6.92 Å². The molecule has 0 saturated carbocycles. The first kappa shape index (κ1) is 9.89. The van der Waals surface area contributed by atoms with Crippen LogP contribution >= 0.6 is 35.0 Å². The highest BCUT2D eigenvalue weighted by molar-refractivity contribution is 8.00. The zero-order valence-corrected chi connectivity index (χ0v) is 7.69. The van der Waals surface area contributed by atoms with E-state index in [0.29, 0.717) is 5.37 Å². The summed E-state index contributed by atoms with van der Waals surface area (Å²) < 4.78 is 0. The molecule has 0 unspecified atom stereocenters. The van der Waals surface area contributed by atoms with E-state index >= 15 is 0 Å². The van der Waals surface area contributed by atoms with Gasteiger partial charge in [-0.25, -0.2) is 0 Å². The lowest BCUT2D eigenvalue weighted by molar-refractivity contribution is 0.761. The van der Waals surface area contributed by atoms with Gasteiger partial charge in [0.2, 0.25) is 0 Å². The van der Waals surface area contributed by atoms with Gasteiger partial charge >= 0.3 is 0 Å². The maximum Gasteiger partial charge on any atom is 0.0967 e. The second-order valence-electron chi connectivity index (χ2n) is 1.57. The number of thioether (sulfide) groups is 1. The Bertz CT molecular complexity index is 56.9. The molecule has 1 aliphatic rings. The maximum absolute atomic E-state index is 4.76. The molecule has 56 valence electrons. The average molecular weight is 188 g/mol. The minimum atomic E-state index is 0.194. The summed E-state index contributed by atoms with van der Waals surface area (Å²) in [6.45, 7) is 3.39. The highest BCUT2D eigenvalue weighted by Crippen LogP contribution is 2.10. The van der Waals surface area contributed by atoms with Crippen molar-refractivity contribution in [3.63, 3.8) is 0 Å². The largest absolute Gasteiger partial charge is 0.305 e. The van der Waals surface area contributed by atoms with Gasteiger partial charge in [-0.3, -0.25) is 0 Å². The fraction of sp³-hybridized carbons (Fsp3) is 1.00. The molecule has 0 amide bonds. The molecule has 0 aromatic rings. The van der Waals surface area contributed by atoms with Crippen LogP contribution in [0.3, 0.4) is 0 Å². The van der Waals surface area contributed by atoms with E-state index < -0.39 is 0 Å². The third kappa shape index (κ3) is 6.78. The van der Waals surface area contributed by atoms with Crippen molar-refractivity contribution in [1.29, 1.82) is 0 Å². The van der Waals surface area contributed by atoms with E-state index in [2.05, 4.69) is 12.2 Å². The molecule has 1 N–H and O–H groups in total. The Morgan fingerprint density at radius 3 is 2.33 bits per heavy atom. The van der Waals surface area contributed by atoms with Gasteiger partial charge in [0.05, 0.1) is 10.7 Å². The molecule has 1 atom stereocenters. The average Bonchev–Trinajstić information content (AvgIpc) is 2.20. The zero-order valence-electron chi connectivity index (χ0n) is 5.36. The second-order valence-corrected chi connectivity index (χ2v) is 3.82. The summed E-state index contributed by atoms with van der Waals surface area (Å²) in [6.07, 6.45) is 0. The van der Waals surface area contributed by atoms with Crippen LogP contribution < -0.4 is 5.32 Å². The van der Waals surface area contributed by atoms with Crippen LogP contribution in [-0.2, 0) is 0 Å². The van der Waals surface area contributed by atoms with Gasteiger partial charge in [-0.2, -0.15) is 0 Å². The third-order valence-corrected chi connectivity index (χ3v) is 2.01. The van der Waals surface area contributed by atoms with Gasteiger partial charge < -0.3 is 5.32 Å². The molecule has 1 saturated heterocycles. The second kappa shape index (κ2) is 7.00. The van der Waals surface area contributed by atoms with Crippen molar-refractivity contribution >= 4 is 35.0 Å². The lowest BCUT2D eigenvalue weighted by atomic mass is 10.7. The molecule has 4 heteroatoms. The molecule has 1 aliphatic heterocycles. The fourth-order valence-corrected chi connectivity index (χ4v) is 1.38. The Morgan fingerprint density at radius 2 is 2.22 bits per heavy atom. The van der Waals surface area contributed by atoms with E-state index in [9.17, 15) is 0 Å². The monoisotopic (exact) mass is 187 g/mol. The normalized spacial score (nSPS) is 25.0. The van der Waals surface area contributed by atoms with Gasteiger partial charge in [0.25, 0.3) is 0 Å². The lowest BCUT2D eigenvalue weighted by Gasteiger charge is -1.94. The molecular formula is C5H11Cl2NS. The quantitative estimate of drug-likeness (QED) is 0.584. The van der Waals surface area contributed by atoms with Gasteiger partial charge in [-0.15, -0.1) is 35.0 Å². The minimum absolute atomic E-state index is 0.194. The van der Waals surface area contributed by atoms with Crippen molar-refractivity contribution in [3.8, 4) is 0 Å². The van der Waals surface area contributed by atoms with E-state index in [1.165, 1.54) is 12.3 Å². The van der Waals surface area contributed by atoms with E-state index in [1.54, 1.807) is 0 Å². The van der Waals surface area contributed by atoms with Crippen molar-refractivity contribution in [2.45, 2.75) is 12.3 Å². The standard InChI is InChI=1S/C4H9NS.CH2Cl2/c1-4-5-2-3-6-4;2-1-3/h4-5H,2-3H2,1H3;1H2/t4-;/m0./s1. The van der Waals surface area contributed by atoms with Crippen molar-refractivity contribution in [3.05, 3.63) is 0 Å². The molecule has 1 fully saturated rings. The topological polar surface area (TPSA) is 12.0 Å². The van der Waals surface area contributed by atoms with Gasteiger partial charge in [-0.05, 0) is 6.92 Å². The maximum atomic E-state index is 4.76. The predicted octanol–water partition coefficient (Wildman–Crippen LogP) is 2.09. The molecule has 0 aromatic heterocycles. The molecule has 9 heavy (non-hydrogen) atoms. The number of hydrogen-bond acceptors (Lipinski definition) is 2. The number of halogens is 2. The molecule has 1 nitrogen and oxygen atoms in total. The van der Waals surface area contributed by atoms with Gasteiger partial charge in [0.1, 0.15) is 0 Å². The summed E-state index contributed by atoms with van der Waals surface area (Å²) in [4.78, 5) is 0. The summed E-state index contributed by atoms with van der Waals surface area (Å²) in [5, 5.41) is 4.19. The van der Waals surface area contributed by atoms with Crippen LogP contribution in [0, 0.1) is 0 Å². The first-order valence-electron chi connectivity index (χ1n) is 2.78. The summed E-state index contributed by atoms with van der Waals surface area (Å²) in [5.74, 6) is 1.29. The van der Waals surface area contributed by atoms with Gasteiger partial charge in [0.15, 0.2) is 0 Å². The molecule has 0 bridgehead atoms. The molecule has 0 spiro atoms. The SMILES string of the molecule is C[C@H]1NCCS1.ClCCl. The first-order chi connectivity index (χ1) is 4.31. The fourth-order valence-electron chi connectivity index (χ4n) is 0.557. The minimum Gasteiger partial charge on any atom is -0.305 e. The number of alkyl halides is 2. The van der Waals surface area contributed by atoms with Gasteiger partial charge in [-0.1, -0.05) is 0 Å². The number of hydrogen-bond donors (Lipinski definition) is 1. The molecule has 1 heterocycles. The van der Waals surface area contributed by atoms with E-state index in [0.717, 1.165) is 0 Å². The molecule has 1 rings (SSSR count). The van der Waals surface area contributed by atoms with Crippen LogP contribution in [0.25, 0.3) is 0 Å². The van der Waals surface area contributed by atoms with Crippen molar-refractivity contribution in [2.24, 2.45) is 0 Å². The Balaban J connectivity index is 0.000000187. The number of rotatable bonds is 0. The summed E-state index contributed by atoms with van der Waals surface area (Å²) in [7, 11) is 0. The van der Waals surface area contributed by atoms with Crippen LogP contribution in [0.15, 0.2) is 0 Å². The Kier molecular flexibility index (Phi) is 7.69. The van der Waals surface area contributed by atoms with Crippen molar-refractivity contribution in [2.75, 3.05) is 17.6 Å². The summed E-state index contributed by atoms with van der Waals surface area (Å²) in [5.41, 5.74) is 0. The molecule has 0 aromatic carbocycles. The lowest BCUT2D eigenvalue weighted by Crippen LogP contribution is -2.14. The Labute approximate surface area is 70.5 Å². The van der Waals surface area contributed by atoms with E-state index in [1.807, 2.05) is 11.8 Å². The third-order valence-electron chi connectivity index (χ3n) is 0.902. The smallest absolute Gasteiger partial charge is 0.0967 e. The van der Waals surface area contributed by atoms with E-state index in [4.69, 9.17) is 23.2 Å². The van der Waals surface area contributed by atoms with Crippen LogP contribution in [-0.4, -0.2) is 23.0 Å². The molecule has 0 aliphatic carbocycles. The summed E-state index contributed by atoms with van der Waals surface area (Å²) in [6, 6.07) is 0. The van der Waals surface area contributed by atoms with E-state index in [-0.39, 0.29) is 5.34 Å². The zero-order chi connectivity index (χ0) is 7.11.